The summed E-state index contributed by atoms with van der Waals surface area (Å²) in [5.41, 5.74) is 6.25. The van der Waals surface area contributed by atoms with Gasteiger partial charge in [0.1, 0.15) is 0 Å². The minimum absolute atomic E-state index is 0.284. The molecule has 90 valence electrons. The summed E-state index contributed by atoms with van der Waals surface area (Å²) < 4.78 is 0. The van der Waals surface area contributed by atoms with E-state index in [-0.39, 0.29) is 5.54 Å². The summed E-state index contributed by atoms with van der Waals surface area (Å²) >= 11 is 0. The highest BCUT2D eigenvalue weighted by Crippen LogP contribution is 2.32. The highest BCUT2D eigenvalue weighted by Gasteiger charge is 2.33. The molecule has 15 heavy (non-hydrogen) atoms. The molecule has 1 unspecified atom stereocenters. The predicted octanol–water partition coefficient (Wildman–Crippen LogP) is 2.62. The third kappa shape index (κ3) is 2.94. The first-order valence-electron chi connectivity index (χ1n) is 6.46. The number of hydrogen-bond acceptors (Lipinski definition) is 2. The van der Waals surface area contributed by atoms with Gasteiger partial charge < -0.3 is 5.73 Å². The number of nitrogens with two attached hydrogens (primary N) is 1. The number of nitrogens with zero attached hydrogens (tertiary/aromatic N) is 1. The summed E-state index contributed by atoms with van der Waals surface area (Å²) in [6.07, 6.45) is 6.76. The molecule has 0 radical (unpaired) electrons. The Labute approximate surface area is 95.2 Å². The summed E-state index contributed by atoms with van der Waals surface area (Å²) in [7, 11) is 2.25. The summed E-state index contributed by atoms with van der Waals surface area (Å²) in [6, 6.07) is 0.586. The molecule has 0 heterocycles. The lowest BCUT2D eigenvalue weighted by molar-refractivity contribution is 0.0683. The molecule has 0 aliphatic heterocycles. The maximum atomic E-state index is 5.96. The summed E-state index contributed by atoms with van der Waals surface area (Å²) in [6.45, 7) is 7.72. The van der Waals surface area contributed by atoms with Gasteiger partial charge in [-0.1, -0.05) is 19.8 Å². The smallest absolute Gasteiger partial charge is 0.0248 e. The van der Waals surface area contributed by atoms with Crippen LogP contribution in [-0.2, 0) is 0 Å². The van der Waals surface area contributed by atoms with Crippen LogP contribution in [0.25, 0.3) is 0 Å². The molecule has 1 atom stereocenters. The molecule has 0 bridgehead atoms. The van der Waals surface area contributed by atoms with Crippen molar-refractivity contribution in [2.24, 2.45) is 11.7 Å². The van der Waals surface area contributed by atoms with E-state index in [1.165, 1.54) is 32.1 Å². The molecular weight excluding hydrogens is 184 g/mol. The summed E-state index contributed by atoms with van der Waals surface area (Å²) in [4.78, 5) is 2.52. The van der Waals surface area contributed by atoms with Gasteiger partial charge in [-0.25, -0.2) is 0 Å². The van der Waals surface area contributed by atoms with Crippen LogP contribution in [-0.4, -0.2) is 30.1 Å². The van der Waals surface area contributed by atoms with Crippen molar-refractivity contribution in [1.29, 1.82) is 0 Å². The molecule has 0 aromatic rings. The Morgan fingerprint density at radius 2 is 1.87 bits per heavy atom. The van der Waals surface area contributed by atoms with Crippen molar-refractivity contribution in [3.63, 3.8) is 0 Å². The minimum atomic E-state index is 0.284. The lowest BCUT2D eigenvalue weighted by atomic mass is 9.91. The van der Waals surface area contributed by atoms with Gasteiger partial charge in [0.15, 0.2) is 0 Å². The molecule has 0 aromatic carbocycles. The lowest BCUT2D eigenvalue weighted by Gasteiger charge is -2.43. The van der Waals surface area contributed by atoms with Crippen molar-refractivity contribution < 1.29 is 0 Å². The fraction of sp³-hybridized carbons (Fsp3) is 1.00. The fourth-order valence-electron chi connectivity index (χ4n) is 2.71. The van der Waals surface area contributed by atoms with Crippen molar-refractivity contribution in [2.45, 2.75) is 64.5 Å². The maximum Gasteiger partial charge on any atom is 0.0248 e. The molecule has 1 saturated carbocycles. The Hall–Kier alpha value is -0.0800. The van der Waals surface area contributed by atoms with Gasteiger partial charge in [-0.3, -0.25) is 4.90 Å². The third-order valence-electron chi connectivity index (χ3n) is 4.50. The summed E-state index contributed by atoms with van der Waals surface area (Å²) in [5.74, 6) is 0.839. The summed E-state index contributed by atoms with van der Waals surface area (Å²) in [5, 5.41) is 0. The second-order valence-corrected chi connectivity index (χ2v) is 5.62. The van der Waals surface area contributed by atoms with Crippen LogP contribution in [0.3, 0.4) is 0 Å². The number of likely N-dealkylation sites (N-methyl/N-ethyl adjacent to an activating group) is 1. The first-order chi connectivity index (χ1) is 7.03. The van der Waals surface area contributed by atoms with Gasteiger partial charge in [0.2, 0.25) is 0 Å². The largest absolute Gasteiger partial charge is 0.329 e. The van der Waals surface area contributed by atoms with Gasteiger partial charge in [0, 0.05) is 18.1 Å². The van der Waals surface area contributed by atoms with E-state index in [1.54, 1.807) is 0 Å². The Morgan fingerprint density at radius 1 is 1.33 bits per heavy atom. The quantitative estimate of drug-likeness (QED) is 0.759. The standard InChI is InChI=1S/C13H28N2/c1-5-13(2,3)15(4)12(10-14)11-8-6-7-9-11/h11-12H,5-10,14H2,1-4H3. The average Bonchev–Trinajstić information content (AvgIpc) is 2.72. The molecular formula is C13H28N2. The molecule has 1 aliphatic rings. The van der Waals surface area contributed by atoms with E-state index >= 15 is 0 Å². The van der Waals surface area contributed by atoms with E-state index in [9.17, 15) is 0 Å². The van der Waals surface area contributed by atoms with Gasteiger partial charge in [0.25, 0.3) is 0 Å². The van der Waals surface area contributed by atoms with Gasteiger partial charge in [0.05, 0.1) is 0 Å². The number of hydrogen-bond donors (Lipinski definition) is 1. The van der Waals surface area contributed by atoms with E-state index < -0.39 is 0 Å². The Bertz CT molecular complexity index is 183. The molecule has 2 nitrogen and oxygen atoms in total. The highest BCUT2D eigenvalue weighted by atomic mass is 15.2. The van der Waals surface area contributed by atoms with Crippen molar-refractivity contribution in [2.75, 3.05) is 13.6 Å². The van der Waals surface area contributed by atoms with Crippen LogP contribution in [0.4, 0.5) is 0 Å². The Balaban J connectivity index is 2.64. The van der Waals surface area contributed by atoms with E-state index in [0.717, 1.165) is 12.5 Å². The van der Waals surface area contributed by atoms with Crippen LogP contribution in [0.5, 0.6) is 0 Å². The Kier molecular flexibility index (Phi) is 4.60. The zero-order valence-electron chi connectivity index (χ0n) is 10.9. The predicted molar refractivity (Wildman–Crippen MR) is 66.9 cm³/mol. The molecule has 0 saturated heterocycles. The average molecular weight is 212 g/mol. The zero-order chi connectivity index (χ0) is 11.5. The van der Waals surface area contributed by atoms with Gasteiger partial charge in [-0.05, 0) is 46.1 Å². The van der Waals surface area contributed by atoms with Crippen LogP contribution < -0.4 is 5.73 Å². The van der Waals surface area contributed by atoms with Crippen molar-refractivity contribution in [3.8, 4) is 0 Å². The van der Waals surface area contributed by atoms with Crippen molar-refractivity contribution in [3.05, 3.63) is 0 Å². The zero-order valence-corrected chi connectivity index (χ0v) is 10.9. The van der Waals surface area contributed by atoms with Crippen LogP contribution in [0.1, 0.15) is 52.9 Å². The fourth-order valence-corrected chi connectivity index (χ4v) is 2.71. The van der Waals surface area contributed by atoms with Crippen molar-refractivity contribution in [1.82, 2.24) is 4.90 Å². The third-order valence-corrected chi connectivity index (χ3v) is 4.50. The topological polar surface area (TPSA) is 29.3 Å². The van der Waals surface area contributed by atoms with E-state index in [4.69, 9.17) is 5.73 Å². The molecule has 2 heteroatoms. The van der Waals surface area contributed by atoms with Gasteiger partial charge >= 0.3 is 0 Å². The second-order valence-electron chi connectivity index (χ2n) is 5.62. The maximum absolute atomic E-state index is 5.96. The molecule has 1 aliphatic carbocycles. The monoisotopic (exact) mass is 212 g/mol. The number of rotatable bonds is 5. The van der Waals surface area contributed by atoms with Crippen LogP contribution >= 0.6 is 0 Å². The van der Waals surface area contributed by atoms with Crippen LogP contribution in [0, 0.1) is 5.92 Å². The molecule has 1 rings (SSSR count). The first kappa shape index (κ1) is 13.0. The molecule has 0 aromatic heterocycles. The van der Waals surface area contributed by atoms with Crippen molar-refractivity contribution >= 4 is 0 Å². The van der Waals surface area contributed by atoms with Crippen LogP contribution in [0.15, 0.2) is 0 Å². The van der Waals surface area contributed by atoms with Gasteiger partial charge in [-0.15, -0.1) is 0 Å². The van der Waals surface area contributed by atoms with E-state index in [2.05, 4.69) is 32.7 Å². The highest BCUT2D eigenvalue weighted by molar-refractivity contribution is 4.89. The van der Waals surface area contributed by atoms with Gasteiger partial charge in [-0.2, -0.15) is 0 Å². The van der Waals surface area contributed by atoms with Crippen LogP contribution in [0.2, 0.25) is 0 Å². The van der Waals surface area contributed by atoms with E-state index in [0.29, 0.717) is 6.04 Å². The Morgan fingerprint density at radius 3 is 2.27 bits per heavy atom. The first-order valence-corrected chi connectivity index (χ1v) is 6.46. The minimum Gasteiger partial charge on any atom is -0.329 e. The van der Waals surface area contributed by atoms with E-state index in [1.807, 2.05) is 0 Å². The molecule has 2 N–H and O–H groups in total. The molecule has 0 amide bonds. The second kappa shape index (κ2) is 5.31. The molecule has 0 spiro atoms. The SMILES string of the molecule is CCC(C)(C)N(C)C(CN)C1CCCC1. The normalized spacial score (nSPS) is 21.2. The lowest BCUT2D eigenvalue weighted by Crippen LogP contribution is -2.52. The molecule has 1 fully saturated rings.